The van der Waals surface area contributed by atoms with Crippen molar-refractivity contribution in [2.24, 2.45) is 0 Å². The number of carbonyl (C=O) groups is 1. The molecular formula is C23H26ClNO2. The lowest BCUT2D eigenvalue weighted by Crippen LogP contribution is -2.17. The average molecular weight is 384 g/mol. The highest BCUT2D eigenvalue weighted by molar-refractivity contribution is 6.30. The fraction of sp³-hybridized carbons (Fsp3) is 0.348. The van der Waals surface area contributed by atoms with Crippen molar-refractivity contribution < 1.29 is 9.53 Å². The first kappa shape index (κ1) is 19.5. The van der Waals surface area contributed by atoms with E-state index in [1.54, 1.807) is 0 Å². The molecule has 0 atom stereocenters. The van der Waals surface area contributed by atoms with Crippen molar-refractivity contribution in [3.8, 4) is 0 Å². The summed E-state index contributed by atoms with van der Waals surface area (Å²) in [7, 11) is 0. The Balaban J connectivity index is 0.000000260. The van der Waals surface area contributed by atoms with Gasteiger partial charge in [0.2, 0.25) is 0 Å². The molecule has 1 N–H and O–H groups in total. The molecule has 1 aliphatic rings. The van der Waals surface area contributed by atoms with Crippen LogP contribution >= 0.6 is 11.6 Å². The summed E-state index contributed by atoms with van der Waals surface area (Å²) in [5.41, 5.74) is 5.25. The fourth-order valence-electron chi connectivity index (χ4n) is 3.61. The van der Waals surface area contributed by atoms with Crippen LogP contribution in [0.4, 0.5) is 0 Å². The van der Waals surface area contributed by atoms with E-state index in [-0.39, 0.29) is 11.0 Å². The van der Waals surface area contributed by atoms with Gasteiger partial charge in [-0.1, -0.05) is 41.9 Å². The van der Waals surface area contributed by atoms with Gasteiger partial charge in [0.05, 0.1) is 0 Å². The second-order valence-electron chi connectivity index (χ2n) is 8.09. The first-order valence-electron chi connectivity index (χ1n) is 9.22. The normalized spacial score (nSPS) is 15.0. The van der Waals surface area contributed by atoms with Crippen molar-refractivity contribution in [3.63, 3.8) is 0 Å². The Labute approximate surface area is 165 Å². The molecule has 0 unspecified atom stereocenters. The number of para-hydroxylation sites is 1. The summed E-state index contributed by atoms with van der Waals surface area (Å²) in [6, 6.07) is 16.9. The van der Waals surface area contributed by atoms with E-state index in [4.69, 9.17) is 11.6 Å². The van der Waals surface area contributed by atoms with Gasteiger partial charge < -0.3 is 9.72 Å². The summed E-state index contributed by atoms with van der Waals surface area (Å²) in [5, 5.41) is 2.16. The third-order valence-corrected chi connectivity index (χ3v) is 5.17. The second kappa shape index (κ2) is 7.40. The molecule has 142 valence electrons. The smallest absolute Gasteiger partial charge is 0.293 e. The summed E-state index contributed by atoms with van der Waals surface area (Å²) in [6.45, 7) is 8.11. The molecule has 1 aromatic heterocycles. The molecule has 0 amide bonds. The van der Waals surface area contributed by atoms with E-state index in [1.165, 1.54) is 40.6 Å². The molecule has 27 heavy (non-hydrogen) atoms. The molecule has 0 spiro atoms. The molecule has 1 heterocycles. The fourth-order valence-corrected chi connectivity index (χ4v) is 3.74. The van der Waals surface area contributed by atoms with Gasteiger partial charge in [-0.2, -0.15) is 0 Å². The summed E-state index contributed by atoms with van der Waals surface area (Å²) in [6.07, 6.45) is 2.44. The first-order chi connectivity index (χ1) is 12.8. The van der Waals surface area contributed by atoms with Crippen LogP contribution < -0.4 is 0 Å². The molecule has 2 aromatic carbocycles. The van der Waals surface area contributed by atoms with Crippen LogP contribution in [-0.4, -0.2) is 17.1 Å². The predicted octanol–water partition coefficient (Wildman–Crippen LogP) is 6.17. The number of benzene rings is 2. The monoisotopic (exact) mass is 383 g/mol. The minimum Gasteiger partial charge on any atom is -0.462 e. The standard InChI is InChI=1S/C18H16ClN.C5H10O2/c1-12-17(15-4-2-3-5-16(15)20-12)18(10-11-18)13-6-8-14(19)9-7-13;1-5(2,3)7-4-6/h2-9,20H,10-11H2,1H3;4H,1-3H3. The third-order valence-electron chi connectivity index (χ3n) is 4.92. The highest BCUT2D eigenvalue weighted by Gasteiger charge is 2.48. The Hall–Kier alpha value is -2.26. The molecule has 3 aromatic rings. The van der Waals surface area contributed by atoms with Gasteiger partial charge in [-0.05, 0) is 69.9 Å². The van der Waals surface area contributed by atoms with Gasteiger partial charge in [-0.25, -0.2) is 0 Å². The Bertz CT molecular complexity index is 931. The van der Waals surface area contributed by atoms with Gasteiger partial charge in [0.25, 0.3) is 6.47 Å². The highest BCUT2D eigenvalue weighted by Crippen LogP contribution is 2.56. The summed E-state index contributed by atoms with van der Waals surface area (Å²) < 4.78 is 4.55. The topological polar surface area (TPSA) is 42.1 Å². The van der Waals surface area contributed by atoms with E-state index < -0.39 is 0 Å². The van der Waals surface area contributed by atoms with Crippen LogP contribution in [0.5, 0.6) is 0 Å². The quantitative estimate of drug-likeness (QED) is 0.549. The van der Waals surface area contributed by atoms with Crippen LogP contribution in [0.3, 0.4) is 0 Å². The van der Waals surface area contributed by atoms with E-state index in [0.717, 1.165) is 5.02 Å². The van der Waals surface area contributed by atoms with Crippen LogP contribution in [0.15, 0.2) is 48.5 Å². The summed E-state index contributed by atoms with van der Waals surface area (Å²) in [4.78, 5) is 13.1. The largest absolute Gasteiger partial charge is 0.462 e. The minimum atomic E-state index is -0.318. The van der Waals surface area contributed by atoms with Gasteiger partial charge >= 0.3 is 0 Å². The molecule has 0 radical (unpaired) electrons. The number of aromatic nitrogens is 1. The molecule has 0 aliphatic heterocycles. The molecule has 3 nitrogen and oxygen atoms in total. The average Bonchev–Trinajstić information content (AvgIpc) is 3.31. The van der Waals surface area contributed by atoms with Crippen LogP contribution in [0, 0.1) is 6.92 Å². The first-order valence-corrected chi connectivity index (χ1v) is 9.60. The minimum absolute atomic E-state index is 0.189. The van der Waals surface area contributed by atoms with Crippen molar-refractivity contribution in [2.75, 3.05) is 0 Å². The van der Waals surface area contributed by atoms with Crippen LogP contribution in [0.25, 0.3) is 10.9 Å². The number of aryl methyl sites for hydroxylation is 1. The summed E-state index contributed by atoms with van der Waals surface area (Å²) >= 11 is 6.03. The van der Waals surface area contributed by atoms with Crippen LogP contribution in [0.2, 0.25) is 5.02 Å². The van der Waals surface area contributed by atoms with Gasteiger partial charge in [0.1, 0.15) is 5.60 Å². The van der Waals surface area contributed by atoms with Gasteiger partial charge in [0, 0.05) is 27.0 Å². The molecule has 4 rings (SSSR count). The molecule has 0 saturated heterocycles. The molecule has 1 aliphatic carbocycles. The zero-order chi connectivity index (χ0) is 19.7. The SMILES string of the molecule is CC(C)(C)OC=O.Cc1[nH]c2ccccc2c1C1(c2ccc(Cl)cc2)CC1. The molecule has 1 fully saturated rings. The Morgan fingerprint density at radius 2 is 1.70 bits per heavy atom. The van der Waals surface area contributed by atoms with Crippen molar-refractivity contribution in [3.05, 3.63) is 70.4 Å². The maximum absolute atomic E-state index is 9.60. The Morgan fingerprint density at radius 1 is 1.07 bits per heavy atom. The molecule has 1 saturated carbocycles. The number of fused-ring (bicyclic) bond motifs is 1. The zero-order valence-electron chi connectivity index (χ0n) is 16.3. The maximum Gasteiger partial charge on any atom is 0.293 e. The number of aromatic amines is 1. The number of ether oxygens (including phenoxy) is 1. The van der Waals surface area contributed by atoms with Crippen molar-refractivity contribution >= 4 is 29.0 Å². The van der Waals surface area contributed by atoms with E-state index >= 15 is 0 Å². The maximum atomic E-state index is 9.60. The number of rotatable bonds is 3. The third kappa shape index (κ3) is 4.19. The lowest BCUT2D eigenvalue weighted by atomic mass is 9.86. The number of H-pyrrole nitrogens is 1. The molecule has 4 heteroatoms. The number of nitrogens with one attached hydrogen (secondary N) is 1. The van der Waals surface area contributed by atoms with E-state index in [0.29, 0.717) is 6.47 Å². The van der Waals surface area contributed by atoms with E-state index in [2.05, 4.69) is 53.0 Å². The van der Waals surface area contributed by atoms with Gasteiger partial charge in [0.15, 0.2) is 0 Å². The summed E-state index contributed by atoms with van der Waals surface area (Å²) in [5.74, 6) is 0. The number of halogens is 1. The van der Waals surface area contributed by atoms with Gasteiger partial charge in [-0.3, -0.25) is 4.79 Å². The van der Waals surface area contributed by atoms with Gasteiger partial charge in [-0.15, -0.1) is 0 Å². The van der Waals surface area contributed by atoms with Crippen molar-refractivity contribution in [1.29, 1.82) is 0 Å². The van der Waals surface area contributed by atoms with Crippen LogP contribution in [0.1, 0.15) is 50.4 Å². The molecular weight excluding hydrogens is 358 g/mol. The molecule has 0 bridgehead atoms. The van der Waals surface area contributed by atoms with Crippen molar-refractivity contribution in [2.45, 2.75) is 51.6 Å². The predicted molar refractivity (Wildman–Crippen MR) is 111 cm³/mol. The lowest BCUT2D eigenvalue weighted by Gasteiger charge is -2.17. The second-order valence-corrected chi connectivity index (χ2v) is 8.52. The Kier molecular flexibility index (Phi) is 5.34. The lowest BCUT2D eigenvalue weighted by molar-refractivity contribution is -0.138. The Morgan fingerprint density at radius 3 is 2.22 bits per heavy atom. The highest BCUT2D eigenvalue weighted by atomic mass is 35.5. The van der Waals surface area contributed by atoms with E-state index in [9.17, 15) is 4.79 Å². The number of hydrogen-bond donors (Lipinski definition) is 1. The van der Waals surface area contributed by atoms with Crippen molar-refractivity contribution in [1.82, 2.24) is 4.98 Å². The zero-order valence-corrected chi connectivity index (χ0v) is 17.1. The van der Waals surface area contributed by atoms with E-state index in [1.807, 2.05) is 32.9 Å². The van der Waals surface area contributed by atoms with Crippen LogP contribution in [-0.2, 0) is 14.9 Å². The number of hydrogen-bond acceptors (Lipinski definition) is 2. The number of carbonyl (C=O) groups excluding carboxylic acids is 1.